The summed E-state index contributed by atoms with van der Waals surface area (Å²) >= 11 is 0. The van der Waals surface area contributed by atoms with Gasteiger partial charge in [0.15, 0.2) is 0 Å². The van der Waals surface area contributed by atoms with E-state index < -0.39 is 0 Å². The lowest BCUT2D eigenvalue weighted by Gasteiger charge is -2.26. The molecule has 6 heteroatoms. The molecule has 0 aliphatic carbocycles. The lowest BCUT2D eigenvalue weighted by molar-refractivity contribution is -0.121. The molecule has 1 atom stereocenters. The Kier molecular flexibility index (Phi) is 4.90. The van der Waals surface area contributed by atoms with Gasteiger partial charge in [0.1, 0.15) is 5.76 Å². The average Bonchev–Trinajstić information content (AvgIpc) is 3.27. The third-order valence-electron chi connectivity index (χ3n) is 4.07. The molecule has 0 unspecified atom stereocenters. The van der Waals surface area contributed by atoms with E-state index in [-0.39, 0.29) is 11.9 Å². The Balaban J connectivity index is 1.51. The Morgan fingerprint density at radius 3 is 2.91 bits per heavy atom. The summed E-state index contributed by atoms with van der Waals surface area (Å²) in [5, 5.41) is 7.13. The highest BCUT2D eigenvalue weighted by molar-refractivity contribution is 5.75. The van der Waals surface area contributed by atoms with Gasteiger partial charge in [0.25, 0.3) is 0 Å². The van der Waals surface area contributed by atoms with Gasteiger partial charge in [-0.3, -0.25) is 14.4 Å². The highest BCUT2D eigenvalue weighted by Gasteiger charge is 2.25. The Morgan fingerprint density at radius 1 is 1.36 bits per heavy atom. The van der Waals surface area contributed by atoms with Crippen molar-refractivity contribution < 1.29 is 9.21 Å². The van der Waals surface area contributed by atoms with Gasteiger partial charge in [0, 0.05) is 31.9 Å². The average molecular weight is 302 g/mol. The van der Waals surface area contributed by atoms with E-state index in [9.17, 15) is 4.79 Å². The number of rotatable bonds is 7. The summed E-state index contributed by atoms with van der Waals surface area (Å²) < 4.78 is 7.32. The van der Waals surface area contributed by atoms with Crippen LogP contribution >= 0.6 is 0 Å². The summed E-state index contributed by atoms with van der Waals surface area (Å²) in [4.78, 5) is 14.4. The lowest BCUT2D eigenvalue weighted by Crippen LogP contribution is -2.36. The van der Waals surface area contributed by atoms with Gasteiger partial charge < -0.3 is 9.73 Å². The summed E-state index contributed by atoms with van der Waals surface area (Å²) in [6.45, 7) is 3.32. The molecule has 1 saturated heterocycles. The Bertz CT molecular complexity index is 559. The summed E-state index contributed by atoms with van der Waals surface area (Å²) in [5.41, 5.74) is 0. The first-order chi connectivity index (χ1) is 10.8. The lowest BCUT2D eigenvalue weighted by atomic mass is 10.2. The van der Waals surface area contributed by atoms with Crippen LogP contribution in [-0.4, -0.2) is 40.2 Å². The molecule has 0 aromatic carbocycles. The Morgan fingerprint density at radius 2 is 2.23 bits per heavy atom. The summed E-state index contributed by atoms with van der Waals surface area (Å²) in [7, 11) is 0. The van der Waals surface area contributed by atoms with Crippen LogP contribution in [0.5, 0.6) is 0 Å². The van der Waals surface area contributed by atoms with Gasteiger partial charge in [0.05, 0.1) is 12.3 Å². The number of hydrogen-bond donors (Lipinski definition) is 1. The molecule has 1 aliphatic heterocycles. The largest absolute Gasteiger partial charge is 0.468 e. The predicted octanol–water partition coefficient (Wildman–Crippen LogP) is 1.82. The molecule has 1 fully saturated rings. The maximum atomic E-state index is 12.0. The molecule has 1 N–H and O–H groups in total. The highest BCUT2D eigenvalue weighted by atomic mass is 16.3. The number of aryl methyl sites for hydroxylation is 1. The number of hydrogen-bond acceptors (Lipinski definition) is 4. The van der Waals surface area contributed by atoms with Crippen molar-refractivity contribution in [3.8, 4) is 0 Å². The van der Waals surface area contributed by atoms with Gasteiger partial charge in [-0.15, -0.1) is 0 Å². The second kappa shape index (κ2) is 7.26. The third kappa shape index (κ3) is 3.76. The normalized spacial score (nSPS) is 16.7. The number of likely N-dealkylation sites (tertiary alicyclic amines) is 1. The minimum atomic E-state index is 0.0475. The molecule has 118 valence electrons. The van der Waals surface area contributed by atoms with Gasteiger partial charge in [-0.2, -0.15) is 5.10 Å². The molecule has 22 heavy (non-hydrogen) atoms. The van der Waals surface area contributed by atoms with E-state index in [1.165, 1.54) is 12.8 Å². The smallest absolute Gasteiger partial charge is 0.221 e. The monoisotopic (exact) mass is 302 g/mol. The highest BCUT2D eigenvalue weighted by Crippen LogP contribution is 2.24. The standard InChI is InChI=1S/C16H22N4O2/c21-16(6-11-20-10-4-7-18-20)17-13-14(15-5-3-12-22-15)19-8-1-2-9-19/h3-5,7,10,12,14H,1-2,6,8-9,11,13H2,(H,17,21)/t14-/m0/s1. The topological polar surface area (TPSA) is 63.3 Å². The van der Waals surface area contributed by atoms with Crippen LogP contribution < -0.4 is 5.32 Å². The fourth-order valence-electron chi connectivity index (χ4n) is 2.89. The first kappa shape index (κ1) is 14.8. The Hall–Kier alpha value is -2.08. The van der Waals surface area contributed by atoms with Crippen molar-refractivity contribution in [2.45, 2.75) is 31.8 Å². The van der Waals surface area contributed by atoms with E-state index >= 15 is 0 Å². The molecule has 6 nitrogen and oxygen atoms in total. The zero-order valence-corrected chi connectivity index (χ0v) is 12.6. The minimum absolute atomic E-state index is 0.0475. The number of furan rings is 1. The van der Waals surface area contributed by atoms with Crippen LogP contribution in [0, 0.1) is 0 Å². The summed E-state index contributed by atoms with van der Waals surface area (Å²) in [6.07, 6.45) is 8.14. The quantitative estimate of drug-likeness (QED) is 0.847. The molecule has 0 saturated carbocycles. The third-order valence-corrected chi connectivity index (χ3v) is 4.07. The molecule has 0 radical (unpaired) electrons. The maximum absolute atomic E-state index is 12.0. The van der Waals surface area contributed by atoms with Gasteiger partial charge >= 0.3 is 0 Å². The van der Waals surface area contributed by atoms with Crippen LogP contribution in [0.4, 0.5) is 0 Å². The summed E-state index contributed by atoms with van der Waals surface area (Å²) in [6, 6.07) is 5.88. The van der Waals surface area contributed by atoms with Crippen molar-refractivity contribution in [3.05, 3.63) is 42.6 Å². The SMILES string of the molecule is O=C(CCn1cccn1)NC[C@@H](c1ccco1)N1CCCC1. The van der Waals surface area contributed by atoms with Gasteiger partial charge in [0.2, 0.25) is 5.91 Å². The van der Waals surface area contributed by atoms with Crippen LogP contribution in [0.1, 0.15) is 31.1 Å². The maximum Gasteiger partial charge on any atom is 0.221 e. The van der Waals surface area contributed by atoms with E-state index in [1.807, 2.05) is 24.4 Å². The molecule has 2 aromatic heterocycles. The zero-order chi connectivity index (χ0) is 15.2. The van der Waals surface area contributed by atoms with Crippen molar-refractivity contribution in [1.29, 1.82) is 0 Å². The number of amides is 1. The van der Waals surface area contributed by atoms with E-state index in [4.69, 9.17) is 4.42 Å². The van der Waals surface area contributed by atoms with Gasteiger partial charge in [-0.25, -0.2) is 0 Å². The van der Waals surface area contributed by atoms with Crippen LogP contribution in [0.15, 0.2) is 41.3 Å². The first-order valence-electron chi connectivity index (χ1n) is 7.84. The van der Waals surface area contributed by atoms with E-state index in [0.717, 1.165) is 18.8 Å². The molecule has 2 aromatic rings. The first-order valence-corrected chi connectivity index (χ1v) is 7.84. The summed E-state index contributed by atoms with van der Waals surface area (Å²) in [5.74, 6) is 0.973. The van der Waals surface area contributed by atoms with Crippen LogP contribution in [-0.2, 0) is 11.3 Å². The second-order valence-electron chi connectivity index (χ2n) is 5.60. The fraction of sp³-hybridized carbons (Fsp3) is 0.500. The van der Waals surface area contributed by atoms with Gasteiger partial charge in [-0.1, -0.05) is 0 Å². The minimum Gasteiger partial charge on any atom is -0.468 e. The zero-order valence-electron chi connectivity index (χ0n) is 12.6. The molecule has 3 rings (SSSR count). The predicted molar refractivity (Wildman–Crippen MR) is 82.1 cm³/mol. The van der Waals surface area contributed by atoms with Gasteiger partial charge in [-0.05, 0) is 44.1 Å². The van der Waals surface area contributed by atoms with E-state index in [2.05, 4.69) is 15.3 Å². The molecule has 0 spiro atoms. The number of carbonyl (C=O) groups excluding carboxylic acids is 1. The second-order valence-corrected chi connectivity index (χ2v) is 5.60. The number of nitrogens with zero attached hydrogens (tertiary/aromatic N) is 3. The molecular weight excluding hydrogens is 280 g/mol. The number of nitrogens with one attached hydrogen (secondary N) is 1. The molecule has 3 heterocycles. The Labute approximate surface area is 130 Å². The van der Waals surface area contributed by atoms with Crippen molar-refractivity contribution in [3.63, 3.8) is 0 Å². The van der Waals surface area contributed by atoms with Crippen LogP contribution in [0.3, 0.4) is 0 Å². The molecule has 0 bridgehead atoms. The molecule has 1 aliphatic rings. The number of carbonyl (C=O) groups is 1. The fourth-order valence-corrected chi connectivity index (χ4v) is 2.89. The molecule has 1 amide bonds. The van der Waals surface area contributed by atoms with Crippen molar-refractivity contribution >= 4 is 5.91 Å². The van der Waals surface area contributed by atoms with Crippen molar-refractivity contribution in [1.82, 2.24) is 20.0 Å². The van der Waals surface area contributed by atoms with Crippen LogP contribution in [0.25, 0.3) is 0 Å². The van der Waals surface area contributed by atoms with Crippen molar-refractivity contribution in [2.75, 3.05) is 19.6 Å². The van der Waals surface area contributed by atoms with Crippen LogP contribution in [0.2, 0.25) is 0 Å². The van der Waals surface area contributed by atoms with E-state index in [1.54, 1.807) is 17.1 Å². The van der Waals surface area contributed by atoms with E-state index in [0.29, 0.717) is 19.5 Å². The molecular formula is C16H22N4O2. The van der Waals surface area contributed by atoms with Crippen molar-refractivity contribution in [2.24, 2.45) is 0 Å². The number of aromatic nitrogens is 2.